The lowest BCUT2D eigenvalue weighted by Crippen LogP contribution is -2.29. The fourth-order valence-electron chi connectivity index (χ4n) is 3.08. The minimum atomic E-state index is 0.757. The highest BCUT2D eigenvalue weighted by Crippen LogP contribution is 2.28. The van der Waals surface area contributed by atoms with E-state index in [4.69, 9.17) is 9.47 Å². The molecule has 22 heavy (non-hydrogen) atoms. The lowest BCUT2D eigenvalue weighted by molar-refractivity contribution is 0.277. The van der Waals surface area contributed by atoms with Crippen molar-refractivity contribution in [2.75, 3.05) is 26.8 Å². The molecule has 0 bridgehead atoms. The highest BCUT2D eigenvalue weighted by atomic mass is 16.5. The molecule has 118 valence electrons. The van der Waals surface area contributed by atoms with Gasteiger partial charge >= 0.3 is 0 Å². The second-order valence-electron chi connectivity index (χ2n) is 5.90. The predicted molar refractivity (Wildman–Crippen MR) is 88.6 cm³/mol. The molecule has 0 saturated carbocycles. The summed E-state index contributed by atoms with van der Waals surface area (Å²) in [5.74, 6) is 2.54. The van der Waals surface area contributed by atoms with Crippen LogP contribution < -0.4 is 14.8 Å². The Morgan fingerprint density at radius 3 is 3.09 bits per heavy atom. The van der Waals surface area contributed by atoms with Gasteiger partial charge in [0.05, 0.1) is 19.2 Å². The SMILES string of the molecule is COc1ccc2nccc(OCCCC3CCCNC3)c2c1. The maximum Gasteiger partial charge on any atom is 0.130 e. The van der Waals surface area contributed by atoms with Gasteiger partial charge in [0.25, 0.3) is 0 Å². The average Bonchev–Trinajstić information content (AvgIpc) is 2.59. The summed E-state index contributed by atoms with van der Waals surface area (Å²) in [5, 5.41) is 4.48. The summed E-state index contributed by atoms with van der Waals surface area (Å²) in [6, 6.07) is 7.82. The van der Waals surface area contributed by atoms with Crippen LogP contribution in [-0.2, 0) is 0 Å². The van der Waals surface area contributed by atoms with E-state index in [2.05, 4.69) is 10.3 Å². The summed E-state index contributed by atoms with van der Waals surface area (Å²) in [4.78, 5) is 4.38. The van der Waals surface area contributed by atoms with E-state index < -0.39 is 0 Å². The van der Waals surface area contributed by atoms with E-state index in [1.54, 1.807) is 13.3 Å². The first-order chi connectivity index (χ1) is 10.9. The number of nitrogens with one attached hydrogen (secondary N) is 1. The average molecular weight is 300 g/mol. The number of nitrogens with zero attached hydrogens (tertiary/aromatic N) is 1. The van der Waals surface area contributed by atoms with Crippen molar-refractivity contribution in [3.05, 3.63) is 30.5 Å². The Balaban J connectivity index is 1.58. The van der Waals surface area contributed by atoms with Gasteiger partial charge in [-0.1, -0.05) is 0 Å². The van der Waals surface area contributed by atoms with Gasteiger partial charge in [0.1, 0.15) is 11.5 Å². The molecule has 0 amide bonds. The van der Waals surface area contributed by atoms with E-state index in [1.807, 2.05) is 24.3 Å². The smallest absolute Gasteiger partial charge is 0.130 e. The molecule has 1 aromatic carbocycles. The van der Waals surface area contributed by atoms with E-state index >= 15 is 0 Å². The molecule has 2 aromatic rings. The molecule has 4 heteroatoms. The molecule has 1 aromatic heterocycles. The van der Waals surface area contributed by atoms with Crippen LogP contribution in [0.5, 0.6) is 11.5 Å². The number of benzene rings is 1. The number of pyridine rings is 1. The molecule has 4 nitrogen and oxygen atoms in total. The quantitative estimate of drug-likeness (QED) is 0.830. The van der Waals surface area contributed by atoms with Gasteiger partial charge < -0.3 is 14.8 Å². The molecule has 1 atom stereocenters. The van der Waals surface area contributed by atoms with Crippen LogP contribution in [0.25, 0.3) is 10.9 Å². The van der Waals surface area contributed by atoms with Crippen molar-refractivity contribution in [3.8, 4) is 11.5 Å². The Kier molecular flexibility index (Phi) is 5.11. The fourth-order valence-corrected chi connectivity index (χ4v) is 3.08. The predicted octanol–water partition coefficient (Wildman–Crippen LogP) is 3.40. The zero-order chi connectivity index (χ0) is 15.2. The summed E-state index contributed by atoms with van der Waals surface area (Å²) >= 11 is 0. The standard InChI is InChI=1S/C18H24N2O2/c1-21-15-6-7-17-16(12-15)18(8-10-20-17)22-11-3-5-14-4-2-9-19-13-14/h6-8,10,12,14,19H,2-5,9,11,13H2,1H3. The van der Waals surface area contributed by atoms with Crippen LogP contribution >= 0.6 is 0 Å². The van der Waals surface area contributed by atoms with Crippen molar-refractivity contribution >= 4 is 10.9 Å². The number of methoxy groups -OCH3 is 1. The molecule has 0 spiro atoms. The van der Waals surface area contributed by atoms with E-state index in [-0.39, 0.29) is 0 Å². The molecule has 1 aliphatic heterocycles. The van der Waals surface area contributed by atoms with Gasteiger partial charge in [-0.05, 0) is 69.0 Å². The molecule has 3 rings (SSSR count). The largest absolute Gasteiger partial charge is 0.497 e. The highest BCUT2D eigenvalue weighted by molar-refractivity contribution is 5.86. The zero-order valence-corrected chi connectivity index (χ0v) is 13.2. The maximum atomic E-state index is 5.99. The number of hydrogen-bond donors (Lipinski definition) is 1. The van der Waals surface area contributed by atoms with Gasteiger partial charge in [-0.15, -0.1) is 0 Å². The van der Waals surface area contributed by atoms with Gasteiger partial charge in [0, 0.05) is 11.6 Å². The Morgan fingerprint density at radius 2 is 2.27 bits per heavy atom. The van der Waals surface area contributed by atoms with Gasteiger partial charge in [-0.25, -0.2) is 0 Å². The van der Waals surface area contributed by atoms with Gasteiger partial charge in [-0.2, -0.15) is 0 Å². The normalized spacial score (nSPS) is 18.3. The summed E-state index contributed by atoms with van der Waals surface area (Å²) in [7, 11) is 1.68. The van der Waals surface area contributed by atoms with Gasteiger partial charge in [-0.3, -0.25) is 4.98 Å². The van der Waals surface area contributed by atoms with Crippen molar-refractivity contribution in [3.63, 3.8) is 0 Å². The zero-order valence-electron chi connectivity index (χ0n) is 13.2. The van der Waals surface area contributed by atoms with Crippen molar-refractivity contribution in [1.29, 1.82) is 0 Å². The molecular weight excluding hydrogens is 276 g/mol. The van der Waals surface area contributed by atoms with Crippen molar-refractivity contribution < 1.29 is 9.47 Å². The summed E-state index contributed by atoms with van der Waals surface area (Å²) in [6.45, 7) is 3.10. The number of ether oxygens (including phenoxy) is 2. The lowest BCUT2D eigenvalue weighted by Gasteiger charge is -2.22. The molecule has 0 aliphatic carbocycles. The van der Waals surface area contributed by atoms with Crippen molar-refractivity contribution in [2.24, 2.45) is 5.92 Å². The molecule has 2 heterocycles. The first-order valence-electron chi connectivity index (χ1n) is 8.13. The third-order valence-corrected chi connectivity index (χ3v) is 4.32. The topological polar surface area (TPSA) is 43.4 Å². The third-order valence-electron chi connectivity index (χ3n) is 4.32. The number of aromatic nitrogens is 1. The Morgan fingerprint density at radius 1 is 1.32 bits per heavy atom. The Bertz CT molecular complexity index is 609. The van der Waals surface area contributed by atoms with Gasteiger partial charge in [0.15, 0.2) is 0 Å². The number of piperidine rings is 1. The van der Waals surface area contributed by atoms with Crippen LogP contribution in [0.3, 0.4) is 0 Å². The number of hydrogen-bond acceptors (Lipinski definition) is 4. The molecule has 1 N–H and O–H groups in total. The molecule has 0 radical (unpaired) electrons. The van der Waals surface area contributed by atoms with Crippen LogP contribution in [-0.4, -0.2) is 31.8 Å². The Labute approximate surface area is 131 Å². The number of rotatable bonds is 6. The van der Waals surface area contributed by atoms with Crippen LogP contribution in [0.15, 0.2) is 30.5 Å². The van der Waals surface area contributed by atoms with Gasteiger partial charge in [0.2, 0.25) is 0 Å². The monoisotopic (exact) mass is 300 g/mol. The third kappa shape index (κ3) is 3.69. The first-order valence-corrected chi connectivity index (χ1v) is 8.13. The molecular formula is C18H24N2O2. The minimum absolute atomic E-state index is 0.757. The molecule has 1 saturated heterocycles. The Hall–Kier alpha value is -1.81. The summed E-state index contributed by atoms with van der Waals surface area (Å²) in [6.07, 6.45) is 6.79. The van der Waals surface area contributed by atoms with Crippen molar-refractivity contribution in [2.45, 2.75) is 25.7 Å². The van der Waals surface area contributed by atoms with E-state index in [9.17, 15) is 0 Å². The fraction of sp³-hybridized carbons (Fsp3) is 0.500. The molecule has 1 fully saturated rings. The highest BCUT2D eigenvalue weighted by Gasteiger charge is 2.12. The summed E-state index contributed by atoms with van der Waals surface area (Å²) in [5.41, 5.74) is 0.940. The minimum Gasteiger partial charge on any atom is -0.497 e. The van der Waals surface area contributed by atoms with E-state index in [0.717, 1.165) is 47.9 Å². The van der Waals surface area contributed by atoms with Crippen molar-refractivity contribution in [1.82, 2.24) is 10.3 Å². The maximum absolute atomic E-state index is 5.99. The second-order valence-corrected chi connectivity index (χ2v) is 5.90. The van der Waals surface area contributed by atoms with Crippen LogP contribution in [0.2, 0.25) is 0 Å². The van der Waals surface area contributed by atoms with E-state index in [1.165, 1.54) is 25.8 Å². The molecule has 1 unspecified atom stereocenters. The van der Waals surface area contributed by atoms with Crippen LogP contribution in [0.1, 0.15) is 25.7 Å². The summed E-state index contributed by atoms with van der Waals surface area (Å²) < 4.78 is 11.3. The second kappa shape index (κ2) is 7.45. The lowest BCUT2D eigenvalue weighted by atomic mass is 9.95. The first kappa shape index (κ1) is 15.1. The van der Waals surface area contributed by atoms with Crippen LogP contribution in [0.4, 0.5) is 0 Å². The van der Waals surface area contributed by atoms with Crippen LogP contribution in [0, 0.1) is 5.92 Å². The number of fused-ring (bicyclic) bond motifs is 1. The van der Waals surface area contributed by atoms with E-state index in [0.29, 0.717) is 0 Å². The molecule has 1 aliphatic rings.